The van der Waals surface area contributed by atoms with E-state index >= 15 is 0 Å². The Morgan fingerprint density at radius 1 is 0.667 bits per heavy atom. The van der Waals surface area contributed by atoms with Crippen molar-refractivity contribution in [2.45, 2.75) is 12.2 Å². The maximum Gasteiger partial charge on any atom is 0.203 e. The summed E-state index contributed by atoms with van der Waals surface area (Å²) in [7, 11) is 6.06. The minimum atomic E-state index is -1.16. The van der Waals surface area contributed by atoms with Gasteiger partial charge in [0.1, 0.15) is 18.0 Å². The van der Waals surface area contributed by atoms with Gasteiger partial charge in [0.05, 0.1) is 28.4 Å². The van der Waals surface area contributed by atoms with Crippen molar-refractivity contribution in [2.75, 3.05) is 28.4 Å². The number of hydrogen-bond donors (Lipinski definition) is 2. The van der Waals surface area contributed by atoms with Gasteiger partial charge in [0.2, 0.25) is 5.75 Å². The second-order valence-corrected chi connectivity index (χ2v) is 5.12. The summed E-state index contributed by atoms with van der Waals surface area (Å²) in [4.78, 5) is 0. The van der Waals surface area contributed by atoms with Gasteiger partial charge >= 0.3 is 0 Å². The quantitative estimate of drug-likeness (QED) is 0.810. The van der Waals surface area contributed by atoms with Crippen LogP contribution in [-0.2, 0) is 0 Å². The third-order valence-corrected chi connectivity index (χ3v) is 3.78. The van der Waals surface area contributed by atoms with Crippen LogP contribution >= 0.6 is 0 Å². The molecule has 0 saturated carbocycles. The Balaban J connectivity index is 2.35. The summed E-state index contributed by atoms with van der Waals surface area (Å²) >= 11 is 0. The molecule has 0 fully saturated rings. The summed E-state index contributed by atoms with van der Waals surface area (Å²) < 4.78 is 20.9. The second-order valence-electron chi connectivity index (χ2n) is 5.12. The Morgan fingerprint density at radius 3 is 1.58 bits per heavy atom. The van der Waals surface area contributed by atoms with Gasteiger partial charge in [0, 0.05) is 0 Å². The van der Waals surface area contributed by atoms with Gasteiger partial charge in [-0.1, -0.05) is 12.1 Å². The molecule has 0 spiro atoms. The first kappa shape index (κ1) is 17.9. The van der Waals surface area contributed by atoms with E-state index in [4.69, 9.17) is 18.9 Å². The molecule has 2 N–H and O–H groups in total. The third-order valence-electron chi connectivity index (χ3n) is 3.78. The third kappa shape index (κ3) is 3.55. The van der Waals surface area contributed by atoms with E-state index in [0.717, 1.165) is 0 Å². The molecular weight excluding hydrogens is 312 g/mol. The molecule has 0 heterocycles. The van der Waals surface area contributed by atoms with Gasteiger partial charge in [-0.2, -0.15) is 0 Å². The molecule has 2 rings (SSSR count). The van der Waals surface area contributed by atoms with Crippen LogP contribution in [-0.4, -0.2) is 38.7 Å². The van der Waals surface area contributed by atoms with E-state index in [9.17, 15) is 10.2 Å². The Kier molecular flexibility index (Phi) is 5.89. The van der Waals surface area contributed by atoms with Crippen molar-refractivity contribution in [3.05, 3.63) is 47.5 Å². The molecule has 130 valence electrons. The Labute approximate surface area is 141 Å². The molecule has 0 radical (unpaired) electrons. The van der Waals surface area contributed by atoms with Crippen molar-refractivity contribution in [1.29, 1.82) is 0 Å². The minimum absolute atomic E-state index is 0.410. The molecule has 2 aromatic rings. The van der Waals surface area contributed by atoms with Gasteiger partial charge in [-0.3, -0.25) is 0 Å². The monoisotopic (exact) mass is 334 g/mol. The van der Waals surface area contributed by atoms with Crippen molar-refractivity contribution in [3.8, 4) is 23.0 Å². The molecule has 6 nitrogen and oxygen atoms in total. The summed E-state index contributed by atoms with van der Waals surface area (Å²) in [5.41, 5.74) is 1.02. The molecule has 0 aliphatic carbocycles. The van der Waals surface area contributed by atoms with E-state index in [1.54, 1.807) is 43.5 Å². The van der Waals surface area contributed by atoms with Crippen LogP contribution in [0.15, 0.2) is 36.4 Å². The van der Waals surface area contributed by atoms with Crippen LogP contribution in [0.5, 0.6) is 23.0 Å². The van der Waals surface area contributed by atoms with Gasteiger partial charge < -0.3 is 29.2 Å². The van der Waals surface area contributed by atoms with Crippen LogP contribution in [0.3, 0.4) is 0 Å². The zero-order valence-corrected chi connectivity index (χ0v) is 14.1. The van der Waals surface area contributed by atoms with Crippen molar-refractivity contribution >= 4 is 0 Å². The highest BCUT2D eigenvalue weighted by Gasteiger charge is 2.24. The van der Waals surface area contributed by atoms with Crippen LogP contribution < -0.4 is 18.9 Å². The molecular formula is C18H22O6. The molecule has 6 heteroatoms. The summed E-state index contributed by atoms with van der Waals surface area (Å²) in [5, 5.41) is 21.0. The number of benzene rings is 2. The molecule has 0 saturated heterocycles. The first-order valence-electron chi connectivity index (χ1n) is 7.35. The lowest BCUT2D eigenvalue weighted by molar-refractivity contribution is 0.0169. The first-order chi connectivity index (χ1) is 11.5. The van der Waals surface area contributed by atoms with Crippen LogP contribution in [0.25, 0.3) is 0 Å². The van der Waals surface area contributed by atoms with Crippen LogP contribution in [0.1, 0.15) is 23.3 Å². The number of aliphatic hydroxyl groups is 2. The van der Waals surface area contributed by atoms with E-state index in [1.165, 1.54) is 21.3 Å². The molecule has 0 bridgehead atoms. The Hall–Kier alpha value is -2.44. The highest BCUT2D eigenvalue weighted by molar-refractivity contribution is 5.54. The Morgan fingerprint density at radius 2 is 1.17 bits per heavy atom. The lowest BCUT2D eigenvalue weighted by atomic mass is 9.97. The molecule has 0 aliphatic heterocycles. The summed E-state index contributed by atoms with van der Waals surface area (Å²) in [6.45, 7) is 0. The normalized spacial score (nSPS) is 13.1. The molecule has 2 aromatic carbocycles. The van der Waals surface area contributed by atoms with Gasteiger partial charge in [0.15, 0.2) is 11.5 Å². The molecule has 0 aromatic heterocycles. The number of rotatable bonds is 7. The van der Waals surface area contributed by atoms with Crippen molar-refractivity contribution in [1.82, 2.24) is 0 Å². The standard InChI is InChI=1S/C18H22O6/c1-21-13-7-5-11(6-8-13)16(19)17(20)12-9-14(22-2)18(24-4)15(10-12)23-3/h5-10,16-17,19-20H,1-4H3/t16-,17-/m1/s1. The number of ether oxygens (including phenoxy) is 4. The van der Waals surface area contributed by atoms with Gasteiger partial charge in [0.25, 0.3) is 0 Å². The SMILES string of the molecule is COc1ccc([C@@H](O)[C@H](O)c2cc(OC)c(OC)c(OC)c2)cc1. The topological polar surface area (TPSA) is 77.4 Å². The number of hydrogen-bond acceptors (Lipinski definition) is 6. The summed E-state index contributed by atoms with van der Waals surface area (Å²) in [5.74, 6) is 1.92. The first-order valence-corrected chi connectivity index (χ1v) is 7.35. The van der Waals surface area contributed by atoms with Crippen molar-refractivity contribution < 1.29 is 29.2 Å². The van der Waals surface area contributed by atoms with Gasteiger partial charge in [-0.05, 0) is 35.4 Å². The van der Waals surface area contributed by atoms with Crippen molar-refractivity contribution in [2.24, 2.45) is 0 Å². The maximum absolute atomic E-state index is 10.5. The highest BCUT2D eigenvalue weighted by Crippen LogP contribution is 2.41. The fourth-order valence-electron chi connectivity index (χ4n) is 2.44. The molecule has 0 amide bonds. The molecule has 0 aliphatic rings. The van der Waals surface area contributed by atoms with E-state index in [1.807, 2.05) is 0 Å². The molecule has 0 unspecified atom stereocenters. The predicted molar refractivity (Wildman–Crippen MR) is 89.0 cm³/mol. The largest absolute Gasteiger partial charge is 0.497 e. The van der Waals surface area contributed by atoms with Crippen LogP contribution in [0, 0.1) is 0 Å². The predicted octanol–water partition coefficient (Wildman–Crippen LogP) is 2.49. The zero-order valence-electron chi connectivity index (χ0n) is 14.1. The summed E-state index contributed by atoms with van der Waals surface area (Å²) in [6, 6.07) is 10.1. The fourth-order valence-corrected chi connectivity index (χ4v) is 2.44. The molecule has 2 atom stereocenters. The van der Waals surface area contributed by atoms with E-state index in [2.05, 4.69) is 0 Å². The highest BCUT2D eigenvalue weighted by atomic mass is 16.5. The number of aliphatic hydroxyl groups excluding tert-OH is 2. The average Bonchev–Trinajstić information content (AvgIpc) is 2.65. The molecule has 24 heavy (non-hydrogen) atoms. The Bertz CT molecular complexity index is 643. The van der Waals surface area contributed by atoms with Crippen LogP contribution in [0.4, 0.5) is 0 Å². The average molecular weight is 334 g/mol. The summed E-state index contributed by atoms with van der Waals surface area (Å²) in [6.07, 6.45) is -2.27. The van der Waals surface area contributed by atoms with E-state index in [0.29, 0.717) is 34.1 Å². The van der Waals surface area contributed by atoms with Gasteiger partial charge in [-0.25, -0.2) is 0 Å². The van der Waals surface area contributed by atoms with E-state index in [-0.39, 0.29) is 0 Å². The van der Waals surface area contributed by atoms with E-state index < -0.39 is 12.2 Å². The fraction of sp³-hybridized carbons (Fsp3) is 0.333. The van der Waals surface area contributed by atoms with Crippen molar-refractivity contribution in [3.63, 3.8) is 0 Å². The minimum Gasteiger partial charge on any atom is -0.497 e. The van der Waals surface area contributed by atoms with Gasteiger partial charge in [-0.15, -0.1) is 0 Å². The smallest absolute Gasteiger partial charge is 0.203 e. The maximum atomic E-state index is 10.5. The lowest BCUT2D eigenvalue weighted by Gasteiger charge is -2.21. The second kappa shape index (κ2) is 7.90. The zero-order chi connectivity index (χ0) is 17.7. The lowest BCUT2D eigenvalue weighted by Crippen LogP contribution is -2.11. The number of methoxy groups -OCH3 is 4. The van der Waals surface area contributed by atoms with Crippen LogP contribution in [0.2, 0.25) is 0 Å².